The summed E-state index contributed by atoms with van der Waals surface area (Å²) in [5.74, 6) is -1.36. The van der Waals surface area contributed by atoms with E-state index in [4.69, 9.17) is 13.1 Å². The number of aryl methyl sites for hydroxylation is 1. The molecule has 0 atom stereocenters. The first-order valence-corrected chi connectivity index (χ1v) is 18.3. The number of allylic oxidation sites excluding steroid dienone is 3. The van der Waals surface area contributed by atoms with E-state index in [1.165, 1.54) is 48.5 Å². The molecule has 0 spiro atoms. The zero-order valence-electron chi connectivity index (χ0n) is 28.5. The topological polar surface area (TPSA) is 56.3 Å². The number of halogens is 7. The number of hydrogen-bond donors (Lipinski definition) is 0. The van der Waals surface area contributed by atoms with Gasteiger partial charge >= 0.3 is 16.0 Å². The summed E-state index contributed by atoms with van der Waals surface area (Å²) in [7, 11) is -10.1. The Hall–Kier alpha value is -6.86. The van der Waals surface area contributed by atoms with Crippen LogP contribution >= 0.6 is 10.2 Å². The highest BCUT2D eigenvalue weighted by atomic mass is 32.5. The second kappa shape index (κ2) is 12.4. The Balaban J connectivity index is 1.81. The third kappa shape index (κ3) is 6.33. The predicted molar refractivity (Wildman–Crippen MR) is 196 cm³/mol. The van der Waals surface area contributed by atoms with Crippen LogP contribution in [-0.2, 0) is 12.8 Å². The molecule has 0 saturated carbocycles. The Bertz CT molecular complexity index is 2840. The molecule has 12 heteroatoms. The third-order valence-electron chi connectivity index (χ3n) is 9.72. The van der Waals surface area contributed by atoms with Gasteiger partial charge in [-0.15, -0.1) is 0 Å². The summed E-state index contributed by atoms with van der Waals surface area (Å²) >= 11 is 0. The molecule has 0 radical (unpaired) electrons. The van der Waals surface area contributed by atoms with E-state index in [0.717, 1.165) is 17.7 Å². The third-order valence-corrected chi connectivity index (χ3v) is 10.9. The normalized spacial score (nSPS) is 14.5. The maximum Gasteiger partial charge on any atom is 0.523 e. The molecular weight excluding hydrogens is 738 g/mol. The highest BCUT2D eigenvalue weighted by Gasteiger charge is 2.65. The lowest BCUT2D eigenvalue weighted by Crippen LogP contribution is -2.25. The molecule has 0 saturated heterocycles. The minimum Gasteiger partial charge on any atom is -0.207 e. The number of fused-ring (bicyclic) bond motifs is 2. The van der Waals surface area contributed by atoms with Gasteiger partial charge in [0.1, 0.15) is 47.4 Å². The van der Waals surface area contributed by atoms with Crippen molar-refractivity contribution in [3.63, 3.8) is 0 Å². The van der Waals surface area contributed by atoms with Crippen LogP contribution < -0.4 is 10.4 Å². The van der Waals surface area contributed by atoms with E-state index >= 15 is 0 Å². The molecule has 2 aliphatic rings. The van der Waals surface area contributed by atoms with Crippen LogP contribution in [0.15, 0.2) is 124 Å². The maximum absolute atomic E-state index is 14.5. The van der Waals surface area contributed by atoms with Crippen molar-refractivity contribution in [2.45, 2.75) is 24.7 Å². The molecule has 7 rings (SSSR count). The van der Waals surface area contributed by atoms with Gasteiger partial charge in [0.05, 0.1) is 5.57 Å². The highest BCUT2D eigenvalue weighted by molar-refractivity contribution is 8.45. The maximum atomic E-state index is 14.5. The van der Waals surface area contributed by atoms with E-state index in [2.05, 4.69) is 9.69 Å². The summed E-state index contributed by atoms with van der Waals surface area (Å²) in [4.78, 5) is 4.97. The van der Waals surface area contributed by atoms with Crippen LogP contribution in [-0.4, -0.2) is 0 Å². The van der Waals surface area contributed by atoms with Crippen LogP contribution in [0.3, 0.4) is 0 Å². The molecule has 0 fully saturated rings. The zero-order valence-corrected chi connectivity index (χ0v) is 29.3. The van der Waals surface area contributed by atoms with E-state index in [1.807, 2.05) is 43.3 Å². The molecule has 0 N–H and O–H groups in total. The fraction of sp³-hybridized carbons (Fsp3) is 0.0698. The van der Waals surface area contributed by atoms with Crippen molar-refractivity contribution >= 4 is 21.4 Å². The Morgan fingerprint density at radius 2 is 0.964 bits per heavy atom. The lowest BCUT2D eigenvalue weighted by molar-refractivity contribution is 0.364. The van der Waals surface area contributed by atoms with E-state index in [9.17, 15) is 38.7 Å². The van der Waals surface area contributed by atoms with Gasteiger partial charge in [-0.05, 0) is 121 Å². The molecule has 5 aromatic rings. The Kier molecular flexibility index (Phi) is 8.20. The fourth-order valence-corrected chi connectivity index (χ4v) is 8.07. The van der Waals surface area contributed by atoms with Gasteiger partial charge in [0.25, 0.3) is 0 Å². The van der Waals surface area contributed by atoms with Gasteiger partial charge in [0.2, 0.25) is 0 Å². The lowest BCUT2D eigenvalue weighted by Gasteiger charge is -2.40. The molecule has 5 aromatic carbocycles. The zero-order chi connectivity index (χ0) is 39.5. The molecule has 2 aliphatic carbocycles. The summed E-state index contributed by atoms with van der Waals surface area (Å²) in [6.45, 7) is 17.8. The molecule has 0 aromatic heterocycles. The first-order valence-electron chi connectivity index (χ1n) is 16.4. The summed E-state index contributed by atoms with van der Waals surface area (Å²) in [5.41, 5.74) is 4.98. The van der Waals surface area contributed by atoms with Gasteiger partial charge in [-0.1, -0.05) is 85.7 Å². The van der Waals surface area contributed by atoms with Crippen molar-refractivity contribution in [1.82, 2.24) is 0 Å². The van der Waals surface area contributed by atoms with Gasteiger partial charge in [0.15, 0.2) is 0 Å². The van der Waals surface area contributed by atoms with Crippen molar-refractivity contribution in [3.05, 3.63) is 192 Å². The SMILES string of the molecule is [C-]#[N+]C([N+]#[C-])=C1Cc2c(-c3ccc(F)cc3)c3c(c(-c4ccc(F)cc4)c2=C1c1ccc(C)cc1)CC(=C(C#N)C#N)C=3c1ccc(S(F)(F)(F)(F)F)cc1. The van der Waals surface area contributed by atoms with Gasteiger partial charge < -0.3 is 0 Å². The van der Waals surface area contributed by atoms with Gasteiger partial charge in [0, 0.05) is 6.42 Å². The Morgan fingerprint density at radius 3 is 1.36 bits per heavy atom. The summed E-state index contributed by atoms with van der Waals surface area (Å²) < 4.78 is 98.5. The van der Waals surface area contributed by atoms with Gasteiger partial charge in [-0.25, -0.2) is 8.78 Å². The smallest absolute Gasteiger partial charge is 0.207 e. The highest BCUT2D eigenvalue weighted by Crippen LogP contribution is 3.02. The largest absolute Gasteiger partial charge is 0.523 e. The molecule has 4 nitrogen and oxygen atoms in total. The Morgan fingerprint density at radius 1 is 0.582 bits per heavy atom. The predicted octanol–water partition coefficient (Wildman–Crippen LogP) is 11.2. The first kappa shape index (κ1) is 36.5. The fourth-order valence-electron chi connectivity index (χ4n) is 7.42. The monoisotopic (exact) mass is 760 g/mol. The van der Waals surface area contributed by atoms with Crippen LogP contribution in [0.4, 0.5) is 28.2 Å². The van der Waals surface area contributed by atoms with E-state index in [-0.39, 0.29) is 53.1 Å². The van der Waals surface area contributed by atoms with Crippen molar-refractivity contribution in [3.8, 4) is 34.4 Å². The molecule has 0 heterocycles. The summed E-state index contributed by atoms with van der Waals surface area (Å²) in [6, 6.07) is 24.2. The number of rotatable bonds is 5. The molecule has 270 valence electrons. The number of benzene rings is 5. The number of nitriles is 2. The average Bonchev–Trinajstić information content (AvgIpc) is 3.72. The molecule has 0 unspecified atom stereocenters. The Labute approximate surface area is 310 Å². The van der Waals surface area contributed by atoms with Gasteiger partial charge in [-0.3, -0.25) is 0 Å². The molecule has 55 heavy (non-hydrogen) atoms. The van der Waals surface area contributed by atoms with E-state index in [1.54, 1.807) is 0 Å². The second-order valence-electron chi connectivity index (χ2n) is 13.0. The first-order chi connectivity index (χ1) is 26.0. The van der Waals surface area contributed by atoms with Crippen molar-refractivity contribution in [2.24, 2.45) is 0 Å². The number of hydrogen-bond acceptors (Lipinski definition) is 2. The van der Waals surface area contributed by atoms with Crippen LogP contribution in [0, 0.1) is 54.4 Å². The summed E-state index contributed by atoms with van der Waals surface area (Å²) in [6.07, 6.45) is -0.178. The molecular formula is C43H23F7N4S. The van der Waals surface area contributed by atoms with Crippen molar-refractivity contribution < 1.29 is 28.2 Å². The van der Waals surface area contributed by atoms with Crippen molar-refractivity contribution in [2.75, 3.05) is 0 Å². The van der Waals surface area contributed by atoms with Crippen LogP contribution in [0.2, 0.25) is 0 Å². The van der Waals surface area contributed by atoms with Crippen LogP contribution in [0.5, 0.6) is 0 Å². The molecule has 0 bridgehead atoms. The lowest BCUT2D eigenvalue weighted by atomic mass is 9.86. The van der Waals surface area contributed by atoms with E-state index in [0.29, 0.717) is 60.5 Å². The standard InChI is InChI=1S/C43H23F7N4S/c1-24-4-6-25(7-5-24)40-36(43(53-2)54-3)21-35-39(27-10-16-31(45)17-11-27)41-34(38(42(35)40)26-8-14-30(44)15-9-26)20-33(29(22-51)23-52)37(41)28-12-18-32(19-13-28)55(46,47,48,49)50/h4-19H,20-21H2,1H3. The van der Waals surface area contributed by atoms with Crippen LogP contribution in [0.1, 0.15) is 27.8 Å². The minimum absolute atomic E-state index is 0.0183. The molecule has 0 amide bonds. The summed E-state index contributed by atoms with van der Waals surface area (Å²) in [5, 5.41) is 21.2. The average molecular weight is 761 g/mol. The minimum atomic E-state index is -10.1. The number of nitrogens with zero attached hydrogens (tertiary/aromatic N) is 4. The van der Waals surface area contributed by atoms with Crippen LogP contribution in [0.25, 0.3) is 43.1 Å². The molecule has 0 aliphatic heterocycles. The van der Waals surface area contributed by atoms with Crippen molar-refractivity contribution in [1.29, 1.82) is 10.5 Å². The second-order valence-corrected chi connectivity index (χ2v) is 15.4. The quantitative estimate of drug-likeness (QED) is 0.102. The van der Waals surface area contributed by atoms with E-state index < -0.39 is 26.8 Å². The van der Waals surface area contributed by atoms with Gasteiger partial charge in [-0.2, -0.15) is 20.2 Å².